The zero-order valence-electron chi connectivity index (χ0n) is 18.6. The number of para-hydroxylation sites is 1. The summed E-state index contributed by atoms with van der Waals surface area (Å²) in [5.41, 5.74) is 0.741. The lowest BCUT2D eigenvalue weighted by molar-refractivity contribution is 0.301. The van der Waals surface area contributed by atoms with Crippen LogP contribution in [0.25, 0.3) is 0 Å². The van der Waals surface area contributed by atoms with Crippen molar-refractivity contribution in [2.75, 3.05) is 17.5 Å². The second kappa shape index (κ2) is 10.7. The molecule has 0 aliphatic heterocycles. The number of aryl methyl sites for hydroxylation is 1. The summed E-state index contributed by atoms with van der Waals surface area (Å²) < 4.78 is 64.0. The molecule has 8 nitrogen and oxygen atoms in total. The van der Waals surface area contributed by atoms with E-state index in [0.29, 0.717) is 12.2 Å². The Bertz CT molecular complexity index is 1160. The summed E-state index contributed by atoms with van der Waals surface area (Å²) in [7, 11) is -7.58. The Kier molecular flexibility index (Phi) is 8.48. The van der Waals surface area contributed by atoms with E-state index in [0.717, 1.165) is 17.1 Å². The van der Waals surface area contributed by atoms with E-state index in [1.165, 1.54) is 26.0 Å². The van der Waals surface area contributed by atoms with Crippen molar-refractivity contribution in [3.05, 3.63) is 48.0 Å². The highest BCUT2D eigenvalue weighted by atomic mass is 32.2. The summed E-state index contributed by atoms with van der Waals surface area (Å²) >= 11 is 0. The van der Waals surface area contributed by atoms with Gasteiger partial charge >= 0.3 is 7.68 Å². The maximum atomic E-state index is 13.9. The summed E-state index contributed by atoms with van der Waals surface area (Å²) in [5.74, 6) is 0.405. The maximum Gasteiger partial charge on any atom is 0.342 e. The molecule has 0 saturated carbocycles. The topological polar surface area (TPSA) is 114 Å². The van der Waals surface area contributed by atoms with Crippen molar-refractivity contribution >= 4 is 23.4 Å². The van der Waals surface area contributed by atoms with E-state index in [9.17, 15) is 17.5 Å². The van der Waals surface area contributed by atoms with Crippen LogP contribution in [0.2, 0.25) is 0 Å². The van der Waals surface area contributed by atoms with Crippen LogP contribution in [0.15, 0.2) is 47.4 Å². The van der Waals surface area contributed by atoms with Crippen LogP contribution >= 0.6 is 7.68 Å². The summed E-state index contributed by atoms with van der Waals surface area (Å²) in [5, 5.41) is 7.00. The van der Waals surface area contributed by atoms with E-state index < -0.39 is 23.0 Å². The molecule has 0 aliphatic rings. The number of ether oxygens (including phenoxy) is 2. The zero-order chi connectivity index (χ0) is 23.9. The van der Waals surface area contributed by atoms with E-state index in [2.05, 4.69) is 0 Å². The van der Waals surface area contributed by atoms with Crippen molar-refractivity contribution < 1.29 is 27.0 Å². The van der Waals surface area contributed by atoms with Gasteiger partial charge in [-0.1, -0.05) is 25.5 Å². The molecular formula is C22H27N2O6PS. The Labute approximate surface area is 189 Å². The fourth-order valence-corrected chi connectivity index (χ4v) is 5.66. The van der Waals surface area contributed by atoms with Gasteiger partial charge in [-0.25, -0.2) is 21.9 Å². The molecule has 0 aromatic heterocycles. The van der Waals surface area contributed by atoms with Gasteiger partial charge < -0.3 is 9.47 Å². The first kappa shape index (κ1) is 25.4. The van der Waals surface area contributed by atoms with Gasteiger partial charge in [-0.15, -0.1) is 0 Å². The lowest BCUT2D eigenvalue weighted by Crippen LogP contribution is -2.45. The summed E-state index contributed by atoms with van der Waals surface area (Å²) in [6, 6.07) is 12.6. The quantitative estimate of drug-likeness (QED) is 0.323. The second-order valence-electron chi connectivity index (χ2n) is 7.62. The molecule has 172 valence electrons. The minimum Gasteiger partial charge on any atom is -0.492 e. The molecule has 0 bridgehead atoms. The third kappa shape index (κ3) is 5.70. The molecule has 0 saturated heterocycles. The standard InChI is InChI=1S/C22H27N2O6PS/c1-5-6-12-30-20-9-7-8-10-21(20)32(27,28)24(22(3,4)31(25)26)18-14-17(2)15-19(16-18)29-13-11-23/h7-10,14-16H,5-6,12-13H2,1-4H3. The van der Waals surface area contributed by atoms with Gasteiger partial charge in [-0.2, -0.15) is 5.26 Å². The Morgan fingerprint density at radius 1 is 1.12 bits per heavy atom. The highest BCUT2D eigenvalue weighted by Gasteiger charge is 2.43. The molecule has 10 heteroatoms. The molecule has 0 amide bonds. The number of sulfonamides is 1. The lowest BCUT2D eigenvalue weighted by atomic mass is 10.2. The van der Waals surface area contributed by atoms with Crippen LogP contribution in [0.5, 0.6) is 11.5 Å². The predicted octanol–water partition coefficient (Wildman–Crippen LogP) is 5.18. The molecule has 0 N–H and O–H groups in total. The maximum absolute atomic E-state index is 13.9. The normalized spacial score (nSPS) is 11.5. The molecule has 0 radical (unpaired) electrons. The molecule has 0 spiro atoms. The fraction of sp³-hybridized carbons (Fsp3) is 0.409. The number of nitrogens with zero attached hydrogens (tertiary/aromatic N) is 2. The number of hydrogen-bond donors (Lipinski definition) is 0. The van der Waals surface area contributed by atoms with Crippen LogP contribution in [0.4, 0.5) is 5.69 Å². The Morgan fingerprint density at radius 2 is 1.81 bits per heavy atom. The first-order valence-electron chi connectivity index (χ1n) is 10.1. The number of nitriles is 1. The summed E-state index contributed by atoms with van der Waals surface area (Å²) in [6.45, 7) is 6.44. The third-order valence-electron chi connectivity index (χ3n) is 4.64. The van der Waals surface area contributed by atoms with E-state index >= 15 is 0 Å². The van der Waals surface area contributed by atoms with Crippen molar-refractivity contribution in [2.45, 2.75) is 50.7 Å². The first-order chi connectivity index (χ1) is 15.1. The van der Waals surface area contributed by atoms with Crippen LogP contribution in [-0.4, -0.2) is 26.9 Å². The molecule has 2 aromatic rings. The number of anilines is 1. The molecule has 0 unspecified atom stereocenters. The Hall–Kier alpha value is -2.82. The molecule has 0 fully saturated rings. The molecule has 32 heavy (non-hydrogen) atoms. The smallest absolute Gasteiger partial charge is 0.342 e. The van der Waals surface area contributed by atoms with Crippen LogP contribution in [0.1, 0.15) is 39.2 Å². The van der Waals surface area contributed by atoms with E-state index in [1.807, 2.05) is 13.0 Å². The van der Waals surface area contributed by atoms with Gasteiger partial charge in [0.1, 0.15) is 22.5 Å². The fourth-order valence-electron chi connectivity index (χ4n) is 3.07. The summed E-state index contributed by atoms with van der Waals surface area (Å²) in [4.78, 5) is -0.137. The van der Waals surface area contributed by atoms with Crippen molar-refractivity contribution in [3.63, 3.8) is 0 Å². The SMILES string of the molecule is CCCCOc1ccccc1S(=O)(=O)N(c1cc(C)cc(OCC#N)c1)C(C)(C)P(=O)=O. The van der Waals surface area contributed by atoms with Crippen LogP contribution in [-0.2, 0) is 19.2 Å². The minimum absolute atomic E-state index is 0.102. The molecular weight excluding hydrogens is 451 g/mol. The van der Waals surface area contributed by atoms with E-state index in [4.69, 9.17) is 14.7 Å². The minimum atomic E-state index is -4.37. The Morgan fingerprint density at radius 3 is 2.44 bits per heavy atom. The molecule has 0 aliphatic carbocycles. The molecule has 0 atom stereocenters. The van der Waals surface area contributed by atoms with Crippen LogP contribution in [0.3, 0.4) is 0 Å². The monoisotopic (exact) mass is 478 g/mol. The number of rotatable bonds is 11. The van der Waals surface area contributed by atoms with Gasteiger partial charge in [-0.05, 0) is 57.0 Å². The van der Waals surface area contributed by atoms with Crippen molar-refractivity contribution in [2.24, 2.45) is 0 Å². The summed E-state index contributed by atoms with van der Waals surface area (Å²) in [6.07, 6.45) is 1.62. The lowest BCUT2D eigenvalue weighted by Gasteiger charge is -2.34. The van der Waals surface area contributed by atoms with Gasteiger partial charge in [0.2, 0.25) is 0 Å². The average Bonchev–Trinajstić information content (AvgIpc) is 2.72. The Balaban J connectivity index is 2.71. The predicted molar refractivity (Wildman–Crippen MR) is 121 cm³/mol. The second-order valence-corrected chi connectivity index (χ2v) is 11.0. The number of hydrogen-bond acceptors (Lipinski definition) is 7. The van der Waals surface area contributed by atoms with Crippen molar-refractivity contribution in [1.29, 1.82) is 5.26 Å². The first-order valence-corrected chi connectivity index (χ1v) is 12.7. The highest BCUT2D eigenvalue weighted by Crippen LogP contribution is 2.43. The van der Waals surface area contributed by atoms with Gasteiger partial charge in [0.15, 0.2) is 11.9 Å². The van der Waals surface area contributed by atoms with E-state index in [1.54, 1.807) is 37.3 Å². The molecule has 2 rings (SSSR count). The number of benzene rings is 2. The van der Waals surface area contributed by atoms with Crippen molar-refractivity contribution in [1.82, 2.24) is 0 Å². The molecule has 2 aromatic carbocycles. The van der Waals surface area contributed by atoms with Crippen LogP contribution < -0.4 is 13.8 Å². The van der Waals surface area contributed by atoms with E-state index in [-0.39, 0.29) is 28.7 Å². The average molecular weight is 479 g/mol. The van der Waals surface area contributed by atoms with Gasteiger partial charge in [0, 0.05) is 6.07 Å². The van der Waals surface area contributed by atoms with Gasteiger partial charge in [0.05, 0.1) is 12.3 Å². The molecule has 0 heterocycles. The number of unbranched alkanes of at least 4 members (excludes halogenated alkanes) is 1. The van der Waals surface area contributed by atoms with Gasteiger partial charge in [-0.3, -0.25) is 0 Å². The van der Waals surface area contributed by atoms with Crippen LogP contribution in [0, 0.1) is 18.3 Å². The largest absolute Gasteiger partial charge is 0.492 e. The zero-order valence-corrected chi connectivity index (χ0v) is 20.3. The van der Waals surface area contributed by atoms with Gasteiger partial charge in [0.25, 0.3) is 10.0 Å². The third-order valence-corrected chi connectivity index (χ3v) is 7.91. The highest BCUT2D eigenvalue weighted by molar-refractivity contribution is 7.93. The van der Waals surface area contributed by atoms with Crippen molar-refractivity contribution in [3.8, 4) is 17.6 Å².